The van der Waals surface area contributed by atoms with Crippen LogP contribution in [0.25, 0.3) is 0 Å². The first-order chi connectivity index (χ1) is 7.61. The Hall–Kier alpha value is -1.00. The summed E-state index contributed by atoms with van der Waals surface area (Å²) in [6, 6.07) is 7.91. The Labute approximate surface area is 101 Å². The van der Waals surface area contributed by atoms with Crippen LogP contribution in [-0.4, -0.2) is 24.7 Å². The van der Waals surface area contributed by atoms with Crippen molar-refractivity contribution >= 4 is 23.4 Å². The lowest BCUT2D eigenvalue weighted by Crippen LogP contribution is -2.24. The van der Waals surface area contributed by atoms with Crippen LogP contribution in [-0.2, 0) is 4.79 Å². The zero-order valence-corrected chi connectivity index (χ0v) is 10.7. The molecule has 3 nitrogen and oxygen atoms in total. The molecule has 1 amide bonds. The maximum absolute atomic E-state index is 11.3. The van der Waals surface area contributed by atoms with Gasteiger partial charge in [-0.2, -0.15) is 0 Å². The fourth-order valence-corrected chi connectivity index (χ4v) is 2.09. The number of likely N-dealkylation sites (N-methyl/N-ethyl adjacent to an activating group) is 1. The molecule has 88 valence electrons. The second-order valence-corrected chi connectivity index (χ2v) is 5.42. The van der Waals surface area contributed by atoms with Gasteiger partial charge in [0.2, 0.25) is 5.91 Å². The summed E-state index contributed by atoms with van der Waals surface area (Å²) >= 11 is 1.81. The molecule has 4 heteroatoms. The molecule has 0 atom stereocenters. The molecular formula is C12H18N2OS. The van der Waals surface area contributed by atoms with Gasteiger partial charge in [-0.05, 0) is 31.3 Å². The van der Waals surface area contributed by atoms with Crippen molar-refractivity contribution in [3.05, 3.63) is 24.3 Å². The predicted molar refractivity (Wildman–Crippen MR) is 70.0 cm³/mol. The van der Waals surface area contributed by atoms with E-state index in [0.29, 0.717) is 11.8 Å². The van der Waals surface area contributed by atoms with E-state index in [0.717, 1.165) is 5.69 Å². The molecule has 0 aliphatic rings. The molecule has 1 aromatic carbocycles. The molecule has 0 radical (unpaired) electrons. The number of benzene rings is 1. The standard InChI is InChI=1S/C12H18N2OS/c1-9(2)16-11-6-4-10(5-7-11)14-12(15)8-13-3/h4-7,9,13H,8H2,1-3H3,(H,14,15). The summed E-state index contributed by atoms with van der Waals surface area (Å²) in [5.74, 6) is -0.0215. The first-order valence-corrected chi connectivity index (χ1v) is 6.21. The maximum atomic E-state index is 11.3. The van der Waals surface area contributed by atoms with Crippen LogP contribution in [0.5, 0.6) is 0 Å². The molecule has 0 aliphatic heterocycles. The molecule has 0 spiro atoms. The Balaban J connectivity index is 2.54. The number of thioether (sulfide) groups is 1. The van der Waals surface area contributed by atoms with Gasteiger partial charge in [0.05, 0.1) is 6.54 Å². The van der Waals surface area contributed by atoms with Crippen LogP contribution in [0.3, 0.4) is 0 Å². The molecule has 0 aliphatic carbocycles. The van der Waals surface area contributed by atoms with Crippen molar-refractivity contribution in [2.75, 3.05) is 18.9 Å². The lowest BCUT2D eigenvalue weighted by molar-refractivity contribution is -0.115. The van der Waals surface area contributed by atoms with Crippen molar-refractivity contribution in [3.8, 4) is 0 Å². The molecule has 0 bridgehead atoms. The summed E-state index contributed by atoms with van der Waals surface area (Å²) in [5.41, 5.74) is 0.841. The zero-order valence-electron chi connectivity index (χ0n) is 9.91. The molecule has 0 aromatic heterocycles. The van der Waals surface area contributed by atoms with Gasteiger partial charge >= 0.3 is 0 Å². The highest BCUT2D eigenvalue weighted by molar-refractivity contribution is 7.99. The van der Waals surface area contributed by atoms with Gasteiger partial charge in [0.1, 0.15) is 0 Å². The number of rotatable bonds is 5. The Morgan fingerprint density at radius 3 is 2.44 bits per heavy atom. The summed E-state index contributed by atoms with van der Waals surface area (Å²) in [4.78, 5) is 12.5. The molecule has 0 unspecified atom stereocenters. The van der Waals surface area contributed by atoms with Crippen molar-refractivity contribution in [2.24, 2.45) is 0 Å². The van der Waals surface area contributed by atoms with E-state index in [1.807, 2.05) is 36.0 Å². The van der Waals surface area contributed by atoms with E-state index in [-0.39, 0.29) is 5.91 Å². The third-order valence-corrected chi connectivity index (χ3v) is 2.86. The SMILES string of the molecule is CNCC(=O)Nc1ccc(SC(C)C)cc1. The zero-order chi connectivity index (χ0) is 12.0. The fraction of sp³-hybridized carbons (Fsp3) is 0.417. The van der Waals surface area contributed by atoms with Crippen LogP contribution in [0.1, 0.15) is 13.8 Å². The van der Waals surface area contributed by atoms with Gasteiger partial charge in [0, 0.05) is 15.8 Å². The number of anilines is 1. The minimum atomic E-state index is -0.0215. The van der Waals surface area contributed by atoms with E-state index in [1.165, 1.54) is 4.90 Å². The topological polar surface area (TPSA) is 41.1 Å². The summed E-state index contributed by atoms with van der Waals surface area (Å²) in [6.45, 7) is 4.66. The number of amides is 1. The molecule has 0 heterocycles. The fourth-order valence-electron chi connectivity index (χ4n) is 1.25. The third kappa shape index (κ3) is 4.68. The van der Waals surface area contributed by atoms with Crippen LogP contribution in [0, 0.1) is 0 Å². The quantitative estimate of drug-likeness (QED) is 0.774. The lowest BCUT2D eigenvalue weighted by Gasteiger charge is -2.07. The van der Waals surface area contributed by atoms with E-state index >= 15 is 0 Å². The smallest absolute Gasteiger partial charge is 0.238 e. The Bertz CT molecular complexity index is 335. The molecule has 1 aromatic rings. The van der Waals surface area contributed by atoms with Crippen LogP contribution >= 0.6 is 11.8 Å². The highest BCUT2D eigenvalue weighted by Gasteiger charge is 2.01. The van der Waals surface area contributed by atoms with E-state index in [4.69, 9.17) is 0 Å². The first-order valence-electron chi connectivity index (χ1n) is 5.33. The minimum Gasteiger partial charge on any atom is -0.325 e. The van der Waals surface area contributed by atoms with Gasteiger partial charge in [-0.25, -0.2) is 0 Å². The van der Waals surface area contributed by atoms with Gasteiger partial charge in [-0.15, -0.1) is 11.8 Å². The number of hydrogen-bond donors (Lipinski definition) is 2. The van der Waals surface area contributed by atoms with Gasteiger partial charge in [0.25, 0.3) is 0 Å². The Morgan fingerprint density at radius 1 is 1.31 bits per heavy atom. The van der Waals surface area contributed by atoms with Crippen molar-refractivity contribution < 1.29 is 4.79 Å². The van der Waals surface area contributed by atoms with Crippen LogP contribution in [0.2, 0.25) is 0 Å². The summed E-state index contributed by atoms with van der Waals surface area (Å²) in [6.07, 6.45) is 0. The number of nitrogens with one attached hydrogen (secondary N) is 2. The normalized spacial score (nSPS) is 10.5. The predicted octanol–water partition coefficient (Wildman–Crippen LogP) is 2.34. The molecule has 1 rings (SSSR count). The van der Waals surface area contributed by atoms with Crippen molar-refractivity contribution in [3.63, 3.8) is 0 Å². The van der Waals surface area contributed by atoms with E-state index in [9.17, 15) is 4.79 Å². The average Bonchev–Trinajstić information content (AvgIpc) is 2.20. The number of hydrogen-bond acceptors (Lipinski definition) is 3. The van der Waals surface area contributed by atoms with Gasteiger partial charge < -0.3 is 10.6 Å². The second-order valence-electron chi connectivity index (χ2n) is 3.77. The number of carbonyl (C=O) groups excluding carboxylic acids is 1. The number of carbonyl (C=O) groups is 1. The summed E-state index contributed by atoms with van der Waals surface area (Å²) in [7, 11) is 1.75. The Kier molecular flexibility index (Phi) is 5.35. The molecule has 0 fully saturated rings. The minimum absolute atomic E-state index is 0.0215. The highest BCUT2D eigenvalue weighted by Crippen LogP contribution is 2.23. The van der Waals surface area contributed by atoms with Gasteiger partial charge in [-0.1, -0.05) is 13.8 Å². The van der Waals surface area contributed by atoms with E-state index in [1.54, 1.807) is 7.05 Å². The first kappa shape index (κ1) is 13.1. The van der Waals surface area contributed by atoms with Crippen molar-refractivity contribution in [2.45, 2.75) is 24.0 Å². The van der Waals surface area contributed by atoms with E-state index < -0.39 is 0 Å². The van der Waals surface area contributed by atoms with Gasteiger partial charge in [0.15, 0.2) is 0 Å². The van der Waals surface area contributed by atoms with Crippen LogP contribution < -0.4 is 10.6 Å². The summed E-state index contributed by atoms with van der Waals surface area (Å²) < 4.78 is 0. The van der Waals surface area contributed by atoms with Crippen LogP contribution in [0.15, 0.2) is 29.2 Å². The van der Waals surface area contributed by atoms with Gasteiger partial charge in [-0.3, -0.25) is 4.79 Å². The summed E-state index contributed by atoms with van der Waals surface area (Å²) in [5, 5.41) is 6.20. The average molecular weight is 238 g/mol. The largest absolute Gasteiger partial charge is 0.325 e. The monoisotopic (exact) mass is 238 g/mol. The second kappa shape index (κ2) is 6.55. The lowest BCUT2D eigenvalue weighted by atomic mass is 10.3. The van der Waals surface area contributed by atoms with Crippen LogP contribution in [0.4, 0.5) is 5.69 Å². The highest BCUT2D eigenvalue weighted by atomic mass is 32.2. The maximum Gasteiger partial charge on any atom is 0.238 e. The van der Waals surface area contributed by atoms with Crippen molar-refractivity contribution in [1.82, 2.24) is 5.32 Å². The third-order valence-electron chi connectivity index (χ3n) is 1.85. The molecule has 0 saturated heterocycles. The molecular weight excluding hydrogens is 220 g/mol. The molecule has 2 N–H and O–H groups in total. The molecule has 0 saturated carbocycles. The van der Waals surface area contributed by atoms with Crippen molar-refractivity contribution in [1.29, 1.82) is 0 Å². The van der Waals surface area contributed by atoms with E-state index in [2.05, 4.69) is 24.5 Å². The molecule has 16 heavy (non-hydrogen) atoms. The Morgan fingerprint density at radius 2 is 1.94 bits per heavy atom.